The minimum atomic E-state index is 0.339. The highest BCUT2D eigenvalue weighted by molar-refractivity contribution is 6.32. The van der Waals surface area contributed by atoms with E-state index in [1.165, 1.54) is 0 Å². The number of carbonyl (C=O) groups excluding carboxylic acids is 1. The summed E-state index contributed by atoms with van der Waals surface area (Å²) in [4.78, 5) is 10.8. The highest BCUT2D eigenvalue weighted by Crippen LogP contribution is 2.28. The van der Waals surface area contributed by atoms with E-state index in [2.05, 4.69) is 0 Å². The molecule has 0 bridgehead atoms. The summed E-state index contributed by atoms with van der Waals surface area (Å²) in [5.41, 5.74) is 0.545. The van der Waals surface area contributed by atoms with Crippen molar-refractivity contribution in [2.75, 3.05) is 19.8 Å². The SMILES string of the molecule is CCOc1cc(C=O)ccc1OCCOc1ccccc1Cl. The summed E-state index contributed by atoms with van der Waals surface area (Å²) in [6.45, 7) is 3.06. The van der Waals surface area contributed by atoms with Crippen LogP contribution in [0.5, 0.6) is 17.2 Å². The standard InChI is InChI=1S/C17H17ClO4/c1-2-20-17-11-13(12-19)7-8-16(17)22-10-9-21-15-6-4-3-5-14(15)18/h3-8,11-12H,2,9-10H2,1H3. The molecule has 0 saturated carbocycles. The van der Waals surface area contributed by atoms with E-state index < -0.39 is 0 Å². The molecular weight excluding hydrogens is 304 g/mol. The zero-order valence-electron chi connectivity index (χ0n) is 12.3. The van der Waals surface area contributed by atoms with E-state index >= 15 is 0 Å². The third-order valence-corrected chi connectivity index (χ3v) is 3.15. The van der Waals surface area contributed by atoms with Gasteiger partial charge in [-0.05, 0) is 37.3 Å². The lowest BCUT2D eigenvalue weighted by Gasteiger charge is -2.13. The smallest absolute Gasteiger partial charge is 0.161 e. The molecule has 0 radical (unpaired) electrons. The molecule has 0 aliphatic heterocycles. The van der Waals surface area contributed by atoms with Crippen LogP contribution in [0.1, 0.15) is 17.3 Å². The molecule has 0 fully saturated rings. The van der Waals surface area contributed by atoms with E-state index in [1.807, 2.05) is 19.1 Å². The molecule has 0 aliphatic carbocycles. The summed E-state index contributed by atoms with van der Waals surface area (Å²) < 4.78 is 16.7. The van der Waals surface area contributed by atoms with Crippen LogP contribution in [0.15, 0.2) is 42.5 Å². The van der Waals surface area contributed by atoms with Crippen molar-refractivity contribution in [1.29, 1.82) is 0 Å². The van der Waals surface area contributed by atoms with Crippen molar-refractivity contribution in [3.05, 3.63) is 53.1 Å². The Balaban J connectivity index is 1.91. The average Bonchev–Trinajstić information content (AvgIpc) is 2.54. The molecule has 0 amide bonds. The molecule has 2 aromatic carbocycles. The Morgan fingerprint density at radius 3 is 2.36 bits per heavy atom. The maximum Gasteiger partial charge on any atom is 0.161 e. The predicted molar refractivity (Wildman–Crippen MR) is 85.4 cm³/mol. The van der Waals surface area contributed by atoms with E-state index in [0.29, 0.717) is 47.7 Å². The Kier molecular flexibility index (Phi) is 6.10. The van der Waals surface area contributed by atoms with Gasteiger partial charge in [0.2, 0.25) is 0 Å². The molecule has 116 valence electrons. The van der Waals surface area contributed by atoms with E-state index in [0.717, 1.165) is 6.29 Å². The predicted octanol–water partition coefficient (Wildman–Crippen LogP) is 4.01. The van der Waals surface area contributed by atoms with Crippen molar-refractivity contribution in [2.24, 2.45) is 0 Å². The van der Waals surface area contributed by atoms with Crippen molar-refractivity contribution >= 4 is 17.9 Å². The number of ether oxygens (including phenoxy) is 3. The van der Waals surface area contributed by atoms with Crippen LogP contribution in [0.3, 0.4) is 0 Å². The van der Waals surface area contributed by atoms with Crippen LogP contribution in [-0.4, -0.2) is 26.1 Å². The molecule has 0 aliphatic rings. The monoisotopic (exact) mass is 320 g/mol. The van der Waals surface area contributed by atoms with Gasteiger partial charge in [-0.1, -0.05) is 23.7 Å². The first-order valence-electron chi connectivity index (χ1n) is 6.96. The van der Waals surface area contributed by atoms with Crippen LogP contribution in [0.4, 0.5) is 0 Å². The van der Waals surface area contributed by atoms with E-state index in [1.54, 1.807) is 30.3 Å². The third kappa shape index (κ3) is 4.40. The van der Waals surface area contributed by atoms with Gasteiger partial charge in [0, 0.05) is 5.56 Å². The largest absolute Gasteiger partial charge is 0.490 e. The van der Waals surface area contributed by atoms with Crippen molar-refractivity contribution in [2.45, 2.75) is 6.92 Å². The quantitative estimate of drug-likeness (QED) is 0.544. The van der Waals surface area contributed by atoms with Gasteiger partial charge in [-0.2, -0.15) is 0 Å². The molecule has 4 nitrogen and oxygen atoms in total. The Morgan fingerprint density at radius 2 is 1.68 bits per heavy atom. The maximum atomic E-state index is 10.8. The number of benzene rings is 2. The average molecular weight is 321 g/mol. The molecule has 0 aromatic heterocycles. The highest BCUT2D eigenvalue weighted by atomic mass is 35.5. The van der Waals surface area contributed by atoms with E-state index in [9.17, 15) is 4.79 Å². The van der Waals surface area contributed by atoms with Crippen molar-refractivity contribution in [3.63, 3.8) is 0 Å². The summed E-state index contributed by atoms with van der Waals surface area (Å²) in [6, 6.07) is 12.3. The lowest BCUT2D eigenvalue weighted by Crippen LogP contribution is -2.10. The molecule has 22 heavy (non-hydrogen) atoms. The topological polar surface area (TPSA) is 44.8 Å². The Morgan fingerprint density at radius 1 is 0.955 bits per heavy atom. The van der Waals surface area contributed by atoms with Gasteiger partial charge in [0.25, 0.3) is 0 Å². The van der Waals surface area contributed by atoms with Crippen molar-refractivity contribution in [1.82, 2.24) is 0 Å². The molecule has 0 saturated heterocycles. The zero-order chi connectivity index (χ0) is 15.8. The van der Waals surface area contributed by atoms with Gasteiger partial charge in [0.05, 0.1) is 11.6 Å². The Bertz CT molecular complexity index is 628. The summed E-state index contributed by atoms with van der Waals surface area (Å²) in [6.07, 6.45) is 0.771. The van der Waals surface area contributed by atoms with Crippen LogP contribution in [-0.2, 0) is 0 Å². The molecule has 0 atom stereocenters. The molecule has 0 spiro atoms. The molecule has 0 N–H and O–H groups in total. The summed E-state index contributed by atoms with van der Waals surface area (Å²) in [7, 11) is 0. The number of hydrogen-bond acceptors (Lipinski definition) is 4. The second-order valence-electron chi connectivity index (χ2n) is 4.38. The van der Waals surface area contributed by atoms with Gasteiger partial charge < -0.3 is 14.2 Å². The van der Waals surface area contributed by atoms with Crippen LogP contribution < -0.4 is 14.2 Å². The van der Waals surface area contributed by atoms with Crippen LogP contribution in [0.2, 0.25) is 5.02 Å². The number of rotatable bonds is 8. The Labute approximate surface area is 134 Å². The molecule has 0 heterocycles. The summed E-state index contributed by atoms with van der Waals surface area (Å²) in [5.74, 6) is 1.74. The van der Waals surface area contributed by atoms with Crippen LogP contribution in [0.25, 0.3) is 0 Å². The third-order valence-electron chi connectivity index (χ3n) is 2.84. The fourth-order valence-electron chi connectivity index (χ4n) is 1.85. The van der Waals surface area contributed by atoms with Crippen molar-refractivity contribution < 1.29 is 19.0 Å². The molecule has 2 rings (SSSR count). The fraction of sp³-hybridized carbons (Fsp3) is 0.235. The van der Waals surface area contributed by atoms with Gasteiger partial charge in [-0.15, -0.1) is 0 Å². The normalized spacial score (nSPS) is 10.1. The van der Waals surface area contributed by atoms with Gasteiger partial charge >= 0.3 is 0 Å². The molecule has 2 aromatic rings. The second-order valence-corrected chi connectivity index (χ2v) is 4.79. The minimum Gasteiger partial charge on any atom is -0.490 e. The first-order chi connectivity index (χ1) is 10.7. The first-order valence-corrected chi connectivity index (χ1v) is 7.34. The number of halogens is 1. The minimum absolute atomic E-state index is 0.339. The number of aldehydes is 1. The van der Waals surface area contributed by atoms with E-state index in [-0.39, 0.29) is 0 Å². The molecule has 5 heteroatoms. The summed E-state index contributed by atoms with van der Waals surface area (Å²) in [5, 5.41) is 0.563. The number of carbonyl (C=O) groups is 1. The first kappa shape index (κ1) is 16.2. The van der Waals surface area contributed by atoms with Crippen molar-refractivity contribution in [3.8, 4) is 17.2 Å². The van der Waals surface area contributed by atoms with Gasteiger partial charge in [0.1, 0.15) is 25.2 Å². The van der Waals surface area contributed by atoms with Gasteiger partial charge in [-0.3, -0.25) is 4.79 Å². The molecular formula is C17H17ClO4. The second kappa shape index (κ2) is 8.29. The van der Waals surface area contributed by atoms with Gasteiger partial charge in [0.15, 0.2) is 11.5 Å². The highest BCUT2D eigenvalue weighted by Gasteiger charge is 2.07. The molecule has 0 unspecified atom stereocenters. The maximum absolute atomic E-state index is 10.8. The van der Waals surface area contributed by atoms with E-state index in [4.69, 9.17) is 25.8 Å². The number of para-hydroxylation sites is 1. The summed E-state index contributed by atoms with van der Waals surface area (Å²) >= 11 is 6.00. The van der Waals surface area contributed by atoms with Crippen LogP contribution in [0, 0.1) is 0 Å². The fourth-order valence-corrected chi connectivity index (χ4v) is 2.04. The number of hydrogen-bond donors (Lipinski definition) is 0. The zero-order valence-corrected chi connectivity index (χ0v) is 13.0. The lowest BCUT2D eigenvalue weighted by atomic mass is 10.2. The van der Waals surface area contributed by atoms with Gasteiger partial charge in [-0.25, -0.2) is 0 Å². The van der Waals surface area contributed by atoms with Crippen LogP contribution >= 0.6 is 11.6 Å². The lowest BCUT2D eigenvalue weighted by molar-refractivity contribution is 0.112. The Hall–Kier alpha value is -2.20.